The zero-order chi connectivity index (χ0) is 17.9. The van der Waals surface area contributed by atoms with Crippen molar-refractivity contribution in [3.05, 3.63) is 39.9 Å². The number of amides is 1. The third kappa shape index (κ3) is 3.86. The lowest BCUT2D eigenvalue weighted by atomic mass is 9.83. The van der Waals surface area contributed by atoms with Crippen LogP contribution in [0.3, 0.4) is 0 Å². The molecular formula is C20H27N3O2S. The summed E-state index contributed by atoms with van der Waals surface area (Å²) < 4.78 is 5.46. The SMILES string of the molecule is CCc1cc(CN2CCC3C(CCC(=O)N3CCc3cccs3)C2)on1. The van der Waals surface area contributed by atoms with Gasteiger partial charge in [0.25, 0.3) is 0 Å². The number of aromatic nitrogens is 1. The number of hydrogen-bond donors (Lipinski definition) is 0. The molecule has 0 saturated carbocycles. The van der Waals surface area contributed by atoms with E-state index >= 15 is 0 Å². The van der Waals surface area contributed by atoms with Gasteiger partial charge in [0.05, 0.1) is 12.2 Å². The fraction of sp³-hybridized carbons (Fsp3) is 0.600. The highest BCUT2D eigenvalue weighted by molar-refractivity contribution is 7.09. The first kappa shape index (κ1) is 17.7. The van der Waals surface area contributed by atoms with Crippen LogP contribution >= 0.6 is 11.3 Å². The summed E-state index contributed by atoms with van der Waals surface area (Å²) in [5.41, 5.74) is 1.03. The number of hydrogen-bond acceptors (Lipinski definition) is 5. The third-order valence-electron chi connectivity index (χ3n) is 5.76. The van der Waals surface area contributed by atoms with Crippen molar-refractivity contribution < 1.29 is 9.32 Å². The maximum absolute atomic E-state index is 12.5. The van der Waals surface area contributed by atoms with Crippen molar-refractivity contribution in [2.24, 2.45) is 5.92 Å². The van der Waals surface area contributed by atoms with E-state index in [1.54, 1.807) is 11.3 Å². The molecule has 2 aromatic rings. The van der Waals surface area contributed by atoms with Gasteiger partial charge in [0.1, 0.15) is 0 Å². The van der Waals surface area contributed by atoms with Crippen LogP contribution in [0.15, 0.2) is 28.1 Å². The quantitative estimate of drug-likeness (QED) is 0.779. The van der Waals surface area contributed by atoms with Crippen LogP contribution in [-0.2, 0) is 24.2 Å². The molecule has 2 aliphatic rings. The number of piperidine rings is 2. The number of aryl methyl sites for hydroxylation is 1. The predicted molar refractivity (Wildman–Crippen MR) is 102 cm³/mol. The molecule has 26 heavy (non-hydrogen) atoms. The highest BCUT2D eigenvalue weighted by Gasteiger charge is 2.39. The normalized spacial score (nSPS) is 24.0. The third-order valence-corrected chi connectivity index (χ3v) is 6.69. The zero-order valence-electron chi connectivity index (χ0n) is 15.4. The minimum absolute atomic E-state index is 0.346. The minimum atomic E-state index is 0.346. The highest BCUT2D eigenvalue weighted by Crippen LogP contribution is 2.32. The Hall–Kier alpha value is -1.66. The van der Waals surface area contributed by atoms with Gasteiger partial charge in [-0.3, -0.25) is 9.69 Å². The molecule has 2 atom stereocenters. The van der Waals surface area contributed by atoms with Crippen LogP contribution in [0.4, 0.5) is 0 Å². The Morgan fingerprint density at radius 1 is 1.38 bits per heavy atom. The van der Waals surface area contributed by atoms with Gasteiger partial charge in [-0.25, -0.2) is 0 Å². The number of carbonyl (C=O) groups excluding carboxylic acids is 1. The minimum Gasteiger partial charge on any atom is -0.360 e. The molecule has 4 heterocycles. The molecule has 140 valence electrons. The van der Waals surface area contributed by atoms with Crippen LogP contribution in [0.25, 0.3) is 0 Å². The van der Waals surface area contributed by atoms with Crippen molar-refractivity contribution in [3.63, 3.8) is 0 Å². The van der Waals surface area contributed by atoms with Crippen LogP contribution in [0.2, 0.25) is 0 Å². The number of carbonyl (C=O) groups is 1. The van der Waals surface area contributed by atoms with E-state index in [0.29, 0.717) is 24.3 Å². The lowest BCUT2D eigenvalue weighted by Crippen LogP contribution is -2.56. The monoisotopic (exact) mass is 373 g/mol. The molecule has 0 aliphatic carbocycles. The lowest BCUT2D eigenvalue weighted by Gasteiger charge is -2.47. The molecular weight excluding hydrogens is 346 g/mol. The molecule has 0 bridgehead atoms. The first-order chi connectivity index (χ1) is 12.7. The van der Waals surface area contributed by atoms with Crippen LogP contribution in [0.5, 0.6) is 0 Å². The Morgan fingerprint density at radius 3 is 3.08 bits per heavy atom. The van der Waals surface area contributed by atoms with Crippen LogP contribution in [0, 0.1) is 5.92 Å². The van der Waals surface area contributed by atoms with Crippen molar-refractivity contribution in [2.45, 2.75) is 51.6 Å². The molecule has 4 rings (SSSR count). The lowest BCUT2D eigenvalue weighted by molar-refractivity contribution is -0.141. The van der Waals surface area contributed by atoms with Gasteiger partial charge >= 0.3 is 0 Å². The van der Waals surface area contributed by atoms with E-state index in [1.165, 1.54) is 4.88 Å². The Labute approximate surface area is 159 Å². The van der Waals surface area contributed by atoms with E-state index in [2.05, 4.69) is 45.5 Å². The summed E-state index contributed by atoms with van der Waals surface area (Å²) in [4.78, 5) is 18.5. The second kappa shape index (κ2) is 7.92. The van der Waals surface area contributed by atoms with E-state index in [4.69, 9.17) is 4.52 Å². The second-order valence-electron chi connectivity index (χ2n) is 7.44. The number of thiophene rings is 1. The molecule has 0 spiro atoms. The van der Waals surface area contributed by atoms with Crippen molar-refractivity contribution >= 4 is 17.2 Å². The Bertz CT molecular complexity index is 727. The molecule has 0 radical (unpaired) electrons. The van der Waals surface area contributed by atoms with Crippen molar-refractivity contribution in [3.8, 4) is 0 Å². The maximum Gasteiger partial charge on any atom is 0.222 e. The molecule has 2 fully saturated rings. The summed E-state index contributed by atoms with van der Waals surface area (Å²) in [6.45, 7) is 5.86. The van der Waals surface area contributed by atoms with E-state index in [-0.39, 0.29) is 0 Å². The summed E-state index contributed by atoms with van der Waals surface area (Å²) in [7, 11) is 0. The smallest absolute Gasteiger partial charge is 0.222 e. The molecule has 1 amide bonds. The fourth-order valence-corrected chi connectivity index (χ4v) is 5.06. The number of rotatable bonds is 6. The Kier molecular flexibility index (Phi) is 5.41. The van der Waals surface area contributed by atoms with Crippen LogP contribution in [0.1, 0.15) is 42.5 Å². The molecule has 5 nitrogen and oxygen atoms in total. The molecule has 2 saturated heterocycles. The predicted octanol–water partition coefficient (Wildman–Crippen LogP) is 3.35. The summed E-state index contributed by atoms with van der Waals surface area (Å²) >= 11 is 1.78. The van der Waals surface area contributed by atoms with Crippen molar-refractivity contribution in [1.82, 2.24) is 15.0 Å². The summed E-state index contributed by atoms with van der Waals surface area (Å²) in [5, 5.41) is 6.21. The van der Waals surface area contributed by atoms with Gasteiger partial charge in [-0.15, -0.1) is 11.3 Å². The number of likely N-dealkylation sites (tertiary alicyclic amines) is 2. The van der Waals surface area contributed by atoms with Crippen molar-refractivity contribution in [2.75, 3.05) is 19.6 Å². The van der Waals surface area contributed by atoms with Gasteiger partial charge in [0.15, 0.2) is 5.76 Å². The van der Waals surface area contributed by atoms with E-state index in [1.807, 2.05) is 0 Å². The molecule has 2 aromatic heterocycles. The standard InChI is InChI=1S/C20H27N3O2S/c1-2-16-12-17(25-21-16)14-22-9-8-19-15(13-22)5-6-20(24)23(19)10-7-18-4-3-11-26-18/h3-4,11-12,15,19H,2,5-10,13-14H2,1H3. The zero-order valence-corrected chi connectivity index (χ0v) is 16.2. The Balaban J connectivity index is 1.36. The van der Waals surface area contributed by atoms with Crippen LogP contribution in [-0.4, -0.2) is 46.5 Å². The first-order valence-corrected chi connectivity index (χ1v) is 10.6. The van der Waals surface area contributed by atoms with E-state index in [0.717, 1.165) is 63.3 Å². The van der Waals surface area contributed by atoms with Gasteiger partial charge < -0.3 is 9.42 Å². The fourth-order valence-electron chi connectivity index (χ4n) is 4.36. The van der Waals surface area contributed by atoms with E-state index in [9.17, 15) is 4.79 Å². The van der Waals surface area contributed by atoms with Gasteiger partial charge in [-0.05, 0) is 43.0 Å². The second-order valence-corrected chi connectivity index (χ2v) is 8.48. The average Bonchev–Trinajstić information content (AvgIpc) is 3.32. The first-order valence-electron chi connectivity index (χ1n) is 9.71. The average molecular weight is 374 g/mol. The molecule has 2 unspecified atom stereocenters. The Morgan fingerprint density at radius 2 is 2.31 bits per heavy atom. The molecule has 2 aliphatic heterocycles. The number of fused-ring (bicyclic) bond motifs is 1. The van der Waals surface area contributed by atoms with Gasteiger partial charge in [0.2, 0.25) is 5.91 Å². The van der Waals surface area contributed by atoms with Gasteiger partial charge in [-0.1, -0.05) is 18.1 Å². The summed E-state index contributed by atoms with van der Waals surface area (Å²) in [5.74, 6) is 1.89. The number of nitrogens with zero attached hydrogens (tertiary/aromatic N) is 3. The topological polar surface area (TPSA) is 49.6 Å². The molecule has 0 N–H and O–H groups in total. The largest absolute Gasteiger partial charge is 0.360 e. The molecule has 0 aromatic carbocycles. The highest BCUT2D eigenvalue weighted by atomic mass is 32.1. The van der Waals surface area contributed by atoms with Gasteiger partial charge in [0, 0.05) is 43.0 Å². The van der Waals surface area contributed by atoms with E-state index < -0.39 is 0 Å². The maximum atomic E-state index is 12.5. The van der Waals surface area contributed by atoms with Gasteiger partial charge in [-0.2, -0.15) is 0 Å². The summed E-state index contributed by atoms with van der Waals surface area (Å²) in [6.07, 6.45) is 4.67. The molecule has 6 heteroatoms. The summed E-state index contributed by atoms with van der Waals surface area (Å²) in [6, 6.07) is 6.74. The van der Waals surface area contributed by atoms with Crippen molar-refractivity contribution in [1.29, 1.82) is 0 Å². The van der Waals surface area contributed by atoms with Crippen LogP contribution < -0.4 is 0 Å².